The van der Waals surface area contributed by atoms with E-state index in [1.165, 1.54) is 32.1 Å². The van der Waals surface area contributed by atoms with Gasteiger partial charge in [-0.15, -0.1) is 0 Å². The Hall–Kier alpha value is -1.84. The van der Waals surface area contributed by atoms with Crippen LogP contribution in [0.3, 0.4) is 0 Å². The molecule has 100 valence electrons. The summed E-state index contributed by atoms with van der Waals surface area (Å²) in [4.78, 5) is 4.51. The van der Waals surface area contributed by atoms with Gasteiger partial charge in [-0.3, -0.25) is 0 Å². The van der Waals surface area contributed by atoms with Gasteiger partial charge in [0, 0.05) is 11.6 Å². The van der Waals surface area contributed by atoms with Gasteiger partial charge in [-0.1, -0.05) is 42.6 Å². The Morgan fingerprint density at radius 1 is 1.11 bits per heavy atom. The first kappa shape index (κ1) is 12.2. The molecular formula is C15H19N3O. The van der Waals surface area contributed by atoms with Crippen molar-refractivity contribution in [2.75, 3.05) is 5.32 Å². The van der Waals surface area contributed by atoms with Crippen LogP contribution in [-0.2, 0) is 6.54 Å². The van der Waals surface area contributed by atoms with E-state index in [4.69, 9.17) is 4.52 Å². The van der Waals surface area contributed by atoms with Gasteiger partial charge in [0.15, 0.2) is 5.82 Å². The maximum atomic E-state index is 5.39. The van der Waals surface area contributed by atoms with Crippen molar-refractivity contribution >= 4 is 5.69 Å². The molecule has 0 aliphatic heterocycles. The van der Waals surface area contributed by atoms with E-state index >= 15 is 0 Å². The zero-order chi connectivity index (χ0) is 12.9. The van der Waals surface area contributed by atoms with E-state index in [0.29, 0.717) is 12.5 Å². The highest BCUT2D eigenvalue weighted by atomic mass is 16.5. The molecule has 0 unspecified atom stereocenters. The van der Waals surface area contributed by atoms with Gasteiger partial charge in [0.25, 0.3) is 0 Å². The van der Waals surface area contributed by atoms with Crippen LogP contribution in [-0.4, -0.2) is 10.1 Å². The average molecular weight is 257 g/mol. The van der Waals surface area contributed by atoms with Crippen molar-refractivity contribution in [3.05, 3.63) is 42.0 Å². The van der Waals surface area contributed by atoms with E-state index in [-0.39, 0.29) is 0 Å². The molecule has 0 bridgehead atoms. The average Bonchev–Trinajstić information content (AvgIpc) is 2.96. The van der Waals surface area contributed by atoms with Gasteiger partial charge in [0.2, 0.25) is 5.89 Å². The highest BCUT2D eigenvalue weighted by molar-refractivity contribution is 5.42. The largest absolute Gasteiger partial charge is 0.378 e. The molecule has 1 aliphatic carbocycles. The van der Waals surface area contributed by atoms with Crippen LogP contribution in [0.25, 0.3) is 0 Å². The molecule has 0 saturated heterocycles. The minimum atomic E-state index is 0.478. The van der Waals surface area contributed by atoms with Crippen molar-refractivity contribution in [3.8, 4) is 0 Å². The van der Waals surface area contributed by atoms with Crippen molar-refractivity contribution < 1.29 is 4.52 Å². The number of nitrogens with zero attached hydrogens (tertiary/aromatic N) is 2. The SMILES string of the molecule is c1ccc(NCc2noc(C3CCCCC3)n2)cc1. The molecule has 4 nitrogen and oxygen atoms in total. The van der Waals surface area contributed by atoms with Crippen LogP contribution in [0.5, 0.6) is 0 Å². The summed E-state index contributed by atoms with van der Waals surface area (Å²) in [5.41, 5.74) is 1.08. The van der Waals surface area contributed by atoms with E-state index in [2.05, 4.69) is 15.5 Å². The van der Waals surface area contributed by atoms with Gasteiger partial charge in [0.05, 0.1) is 6.54 Å². The smallest absolute Gasteiger partial charge is 0.229 e. The van der Waals surface area contributed by atoms with E-state index in [1.54, 1.807) is 0 Å². The fraction of sp³-hybridized carbons (Fsp3) is 0.467. The number of para-hydroxylation sites is 1. The van der Waals surface area contributed by atoms with Crippen LogP contribution in [0.2, 0.25) is 0 Å². The number of hydrogen-bond donors (Lipinski definition) is 1. The monoisotopic (exact) mass is 257 g/mol. The molecule has 0 atom stereocenters. The molecule has 1 aromatic heterocycles. The molecule has 0 spiro atoms. The third-order valence-electron chi connectivity index (χ3n) is 3.66. The van der Waals surface area contributed by atoms with Crippen LogP contribution in [0.4, 0.5) is 5.69 Å². The topological polar surface area (TPSA) is 51.0 Å². The van der Waals surface area contributed by atoms with Crippen molar-refractivity contribution in [3.63, 3.8) is 0 Å². The Labute approximate surface area is 113 Å². The minimum absolute atomic E-state index is 0.478. The van der Waals surface area contributed by atoms with Crippen molar-refractivity contribution in [1.82, 2.24) is 10.1 Å². The number of aromatic nitrogens is 2. The summed E-state index contributed by atoms with van der Waals surface area (Å²) in [6.45, 7) is 0.611. The van der Waals surface area contributed by atoms with Crippen molar-refractivity contribution in [2.45, 2.75) is 44.6 Å². The number of nitrogens with one attached hydrogen (secondary N) is 1. The third kappa shape index (κ3) is 3.13. The maximum Gasteiger partial charge on any atom is 0.229 e. The Balaban J connectivity index is 1.58. The molecule has 1 saturated carbocycles. The second-order valence-corrected chi connectivity index (χ2v) is 5.10. The molecule has 0 amide bonds. The van der Waals surface area contributed by atoms with Crippen LogP contribution in [0.15, 0.2) is 34.9 Å². The first-order chi connectivity index (χ1) is 9.42. The van der Waals surface area contributed by atoms with Gasteiger partial charge >= 0.3 is 0 Å². The quantitative estimate of drug-likeness (QED) is 0.906. The third-order valence-corrected chi connectivity index (χ3v) is 3.66. The molecule has 3 rings (SSSR count). The lowest BCUT2D eigenvalue weighted by molar-refractivity contribution is 0.312. The number of hydrogen-bond acceptors (Lipinski definition) is 4. The fourth-order valence-corrected chi connectivity index (χ4v) is 2.59. The standard InChI is InChI=1S/C15H19N3O/c1-3-7-12(8-4-1)15-17-14(18-19-15)11-16-13-9-5-2-6-10-13/h2,5-6,9-10,12,16H,1,3-4,7-8,11H2. The molecule has 2 aromatic rings. The minimum Gasteiger partial charge on any atom is -0.378 e. The molecule has 1 heterocycles. The Kier molecular flexibility index (Phi) is 3.77. The summed E-state index contributed by atoms with van der Waals surface area (Å²) in [6, 6.07) is 10.1. The van der Waals surface area contributed by atoms with Gasteiger partial charge < -0.3 is 9.84 Å². The first-order valence-electron chi connectivity index (χ1n) is 7.03. The van der Waals surface area contributed by atoms with Crippen LogP contribution in [0, 0.1) is 0 Å². The van der Waals surface area contributed by atoms with Gasteiger partial charge in [-0.05, 0) is 25.0 Å². The lowest BCUT2D eigenvalue weighted by Crippen LogP contribution is -2.05. The van der Waals surface area contributed by atoms with Crippen LogP contribution >= 0.6 is 0 Å². The molecule has 1 fully saturated rings. The molecule has 1 aliphatic rings. The lowest BCUT2D eigenvalue weighted by atomic mass is 9.89. The maximum absolute atomic E-state index is 5.39. The normalized spacial score (nSPS) is 16.4. The number of benzene rings is 1. The molecule has 0 radical (unpaired) electrons. The van der Waals surface area contributed by atoms with Gasteiger partial charge in [0.1, 0.15) is 0 Å². The first-order valence-corrected chi connectivity index (χ1v) is 7.03. The highest BCUT2D eigenvalue weighted by Gasteiger charge is 2.21. The highest BCUT2D eigenvalue weighted by Crippen LogP contribution is 2.31. The molecule has 19 heavy (non-hydrogen) atoms. The zero-order valence-corrected chi connectivity index (χ0v) is 11.0. The number of rotatable bonds is 4. The molecule has 4 heteroatoms. The van der Waals surface area contributed by atoms with E-state index in [1.807, 2.05) is 30.3 Å². The Morgan fingerprint density at radius 2 is 1.89 bits per heavy atom. The second-order valence-electron chi connectivity index (χ2n) is 5.10. The zero-order valence-electron chi connectivity index (χ0n) is 11.0. The van der Waals surface area contributed by atoms with E-state index in [0.717, 1.165) is 17.4 Å². The summed E-state index contributed by atoms with van der Waals surface area (Å²) in [5, 5.41) is 7.35. The summed E-state index contributed by atoms with van der Waals surface area (Å²) in [7, 11) is 0. The predicted octanol–water partition coefficient (Wildman–Crippen LogP) is 3.73. The molecule has 1 N–H and O–H groups in total. The van der Waals surface area contributed by atoms with Crippen molar-refractivity contribution in [1.29, 1.82) is 0 Å². The fourth-order valence-electron chi connectivity index (χ4n) is 2.59. The van der Waals surface area contributed by atoms with Crippen LogP contribution in [0.1, 0.15) is 49.7 Å². The Bertz CT molecular complexity index is 503. The van der Waals surface area contributed by atoms with E-state index in [9.17, 15) is 0 Å². The predicted molar refractivity (Wildman–Crippen MR) is 73.9 cm³/mol. The summed E-state index contributed by atoms with van der Waals surface area (Å²) in [6.07, 6.45) is 6.28. The number of anilines is 1. The summed E-state index contributed by atoms with van der Waals surface area (Å²) < 4.78 is 5.39. The second kappa shape index (κ2) is 5.87. The lowest BCUT2D eigenvalue weighted by Gasteiger charge is -2.17. The van der Waals surface area contributed by atoms with E-state index < -0.39 is 0 Å². The summed E-state index contributed by atoms with van der Waals surface area (Å²) >= 11 is 0. The van der Waals surface area contributed by atoms with Gasteiger partial charge in [-0.2, -0.15) is 4.98 Å². The molecular weight excluding hydrogens is 238 g/mol. The van der Waals surface area contributed by atoms with Gasteiger partial charge in [-0.25, -0.2) is 0 Å². The summed E-state index contributed by atoms with van der Waals surface area (Å²) in [5.74, 6) is 2.04. The molecule has 1 aromatic carbocycles. The van der Waals surface area contributed by atoms with Crippen molar-refractivity contribution in [2.24, 2.45) is 0 Å². The Morgan fingerprint density at radius 3 is 2.68 bits per heavy atom. The van der Waals surface area contributed by atoms with Crippen LogP contribution < -0.4 is 5.32 Å².